The first-order chi connectivity index (χ1) is 17.3. The fraction of sp³-hybridized carbons (Fsp3) is 0.375. The first kappa shape index (κ1) is 25.2. The van der Waals surface area contributed by atoms with Crippen LogP contribution in [0.1, 0.15) is 31.4 Å². The Morgan fingerprint density at radius 3 is 2.86 bits per heavy atom. The van der Waals surface area contributed by atoms with Gasteiger partial charge in [-0.1, -0.05) is 12.1 Å². The number of hydrogen-bond donors (Lipinski definition) is 4. The number of aliphatic imine (C=N–C) groups is 3. The fourth-order valence-corrected chi connectivity index (χ4v) is 4.33. The highest BCUT2D eigenvalue weighted by Crippen LogP contribution is 2.39. The Bertz CT molecular complexity index is 1230. The number of amidine groups is 1. The van der Waals surface area contributed by atoms with Crippen LogP contribution < -0.4 is 16.0 Å². The number of hydrogen-bond acceptors (Lipinski definition) is 10. The molecule has 0 saturated heterocycles. The van der Waals surface area contributed by atoms with Crippen LogP contribution in [0.25, 0.3) is 11.3 Å². The van der Waals surface area contributed by atoms with Gasteiger partial charge in [-0.3, -0.25) is 15.3 Å². The highest BCUT2D eigenvalue weighted by atomic mass is 19.1. The number of nitrogens with zero attached hydrogens (tertiary/aromatic N) is 4. The number of guanidine groups is 1. The number of carbonyl (C=O) groups is 1. The number of hydroxylamine groups is 1. The number of fused-ring (bicyclic) bond motifs is 1. The van der Waals surface area contributed by atoms with E-state index in [-0.39, 0.29) is 30.9 Å². The summed E-state index contributed by atoms with van der Waals surface area (Å²) in [6.45, 7) is 1.74. The van der Waals surface area contributed by atoms with Crippen LogP contribution in [0.4, 0.5) is 4.39 Å². The smallest absolute Gasteiger partial charge is 0.332 e. The molecule has 5 N–H and O–H groups in total. The Kier molecular flexibility index (Phi) is 7.55. The Hall–Kier alpha value is -3.90. The number of halogens is 1. The van der Waals surface area contributed by atoms with Crippen molar-refractivity contribution >= 4 is 23.5 Å². The molecule has 1 aromatic carbocycles. The number of aliphatic hydroxyl groups is 1. The number of pyridine rings is 1. The minimum absolute atomic E-state index is 0.0777. The summed E-state index contributed by atoms with van der Waals surface area (Å²) in [6.07, 6.45) is -1.18. The third-order valence-corrected chi connectivity index (χ3v) is 6.02. The van der Waals surface area contributed by atoms with Crippen molar-refractivity contribution < 1.29 is 29.0 Å². The van der Waals surface area contributed by atoms with Crippen molar-refractivity contribution in [1.29, 1.82) is 0 Å². The lowest BCUT2D eigenvalue weighted by atomic mass is 9.82. The molecule has 11 nitrogen and oxygen atoms in total. The predicted molar refractivity (Wildman–Crippen MR) is 130 cm³/mol. The zero-order valence-electron chi connectivity index (χ0n) is 19.8. The second-order valence-corrected chi connectivity index (χ2v) is 8.44. The first-order valence-electron chi connectivity index (χ1n) is 11.3. The van der Waals surface area contributed by atoms with Gasteiger partial charge in [-0.2, -0.15) is 0 Å². The summed E-state index contributed by atoms with van der Waals surface area (Å²) < 4.78 is 19.5. The van der Waals surface area contributed by atoms with Crippen molar-refractivity contribution in [3.63, 3.8) is 0 Å². The van der Waals surface area contributed by atoms with Gasteiger partial charge in [0.05, 0.1) is 37.4 Å². The van der Waals surface area contributed by atoms with Gasteiger partial charge in [0.1, 0.15) is 11.7 Å². The Balaban J connectivity index is 1.68. The molecule has 36 heavy (non-hydrogen) atoms. The summed E-state index contributed by atoms with van der Waals surface area (Å²) >= 11 is 0. The van der Waals surface area contributed by atoms with Crippen molar-refractivity contribution in [3.05, 3.63) is 47.8 Å². The zero-order chi connectivity index (χ0) is 25.8. The van der Waals surface area contributed by atoms with E-state index in [1.54, 1.807) is 24.3 Å². The van der Waals surface area contributed by atoms with E-state index in [4.69, 9.17) is 25.4 Å². The highest BCUT2D eigenvalue weighted by Gasteiger charge is 2.39. The van der Waals surface area contributed by atoms with Crippen LogP contribution in [0.15, 0.2) is 51.4 Å². The predicted octanol–water partition coefficient (Wildman–Crippen LogP) is 1.87. The Labute approximate surface area is 206 Å². The summed E-state index contributed by atoms with van der Waals surface area (Å²) in [5.74, 6) is -1.11. The van der Waals surface area contributed by atoms with Crippen molar-refractivity contribution in [3.8, 4) is 17.1 Å². The van der Waals surface area contributed by atoms with Crippen molar-refractivity contribution in [2.24, 2.45) is 26.6 Å². The maximum atomic E-state index is 14.3. The van der Waals surface area contributed by atoms with Gasteiger partial charge < -0.3 is 20.7 Å². The number of methoxy groups -OCH3 is 1. The highest BCUT2D eigenvalue weighted by molar-refractivity contribution is 6.11. The number of ether oxygens (including phenoxy) is 1. The quantitative estimate of drug-likeness (QED) is 0.316. The lowest BCUT2D eigenvalue weighted by molar-refractivity contribution is -0.147. The topological polar surface area (TPSA) is 164 Å². The molecule has 2 aliphatic rings. The third-order valence-electron chi connectivity index (χ3n) is 6.02. The summed E-state index contributed by atoms with van der Waals surface area (Å²) in [5.41, 5.74) is 11.2. The van der Waals surface area contributed by atoms with Crippen LogP contribution in [0.3, 0.4) is 0 Å². The maximum Gasteiger partial charge on any atom is 0.332 e. The molecule has 0 fully saturated rings. The Morgan fingerprint density at radius 1 is 1.31 bits per heavy atom. The molecular weight excluding hydrogens is 471 g/mol. The largest absolute Gasteiger partial charge is 0.481 e. The molecular formula is C24H27FN6O5. The molecule has 12 heteroatoms. The number of benzene rings is 1. The monoisotopic (exact) mass is 498 g/mol. The van der Waals surface area contributed by atoms with Crippen LogP contribution in [-0.4, -0.2) is 64.5 Å². The van der Waals surface area contributed by atoms with Gasteiger partial charge in [-0.05, 0) is 37.1 Å². The van der Waals surface area contributed by atoms with Gasteiger partial charge in [0.2, 0.25) is 11.8 Å². The van der Waals surface area contributed by atoms with E-state index in [9.17, 15) is 14.3 Å². The summed E-state index contributed by atoms with van der Waals surface area (Å²) in [6, 6.07) is 8.91. The molecule has 1 aromatic heterocycles. The molecule has 4 atom stereocenters. The fourth-order valence-electron chi connectivity index (χ4n) is 4.33. The van der Waals surface area contributed by atoms with Crippen LogP contribution in [0.2, 0.25) is 0 Å². The second kappa shape index (κ2) is 10.8. The zero-order valence-corrected chi connectivity index (χ0v) is 19.8. The maximum absolute atomic E-state index is 14.3. The summed E-state index contributed by atoms with van der Waals surface area (Å²) in [5, 5.41) is 18.3. The molecule has 2 aliphatic heterocycles. The summed E-state index contributed by atoms with van der Waals surface area (Å²) in [4.78, 5) is 34.4. The number of aromatic nitrogens is 1. The van der Waals surface area contributed by atoms with Gasteiger partial charge >= 0.3 is 5.97 Å². The number of carboxylic acids is 1. The van der Waals surface area contributed by atoms with Gasteiger partial charge in [-0.25, -0.2) is 24.2 Å². The third kappa shape index (κ3) is 5.50. The van der Waals surface area contributed by atoms with E-state index in [1.807, 2.05) is 6.92 Å². The van der Waals surface area contributed by atoms with E-state index in [1.165, 1.54) is 19.2 Å². The number of aliphatic carboxylic acids is 1. The van der Waals surface area contributed by atoms with E-state index in [2.05, 4.69) is 20.4 Å². The van der Waals surface area contributed by atoms with Gasteiger partial charge in [0.25, 0.3) is 0 Å². The average Bonchev–Trinajstić information content (AvgIpc) is 2.85. The minimum atomic E-state index is -1.54. The molecule has 0 radical (unpaired) electrons. The molecule has 0 bridgehead atoms. The molecule has 0 saturated carbocycles. The number of nitrogens with two attached hydrogens (primary N) is 1. The van der Waals surface area contributed by atoms with Gasteiger partial charge in [0.15, 0.2) is 6.10 Å². The normalized spacial score (nSPS) is 22.0. The van der Waals surface area contributed by atoms with Crippen LogP contribution in [0, 0.1) is 11.7 Å². The van der Waals surface area contributed by atoms with E-state index in [0.29, 0.717) is 35.1 Å². The van der Waals surface area contributed by atoms with Gasteiger partial charge in [0, 0.05) is 23.8 Å². The Morgan fingerprint density at radius 2 is 2.11 bits per heavy atom. The van der Waals surface area contributed by atoms with Crippen LogP contribution in [0.5, 0.6) is 5.88 Å². The van der Waals surface area contributed by atoms with E-state index in [0.717, 1.165) is 5.56 Å². The van der Waals surface area contributed by atoms with Crippen molar-refractivity contribution in [1.82, 2.24) is 10.5 Å². The lowest BCUT2D eigenvalue weighted by Crippen LogP contribution is -2.47. The van der Waals surface area contributed by atoms with E-state index < -0.39 is 23.9 Å². The number of rotatable bonds is 8. The molecule has 2 aromatic rings. The molecule has 0 spiro atoms. The molecule has 4 rings (SSSR count). The molecule has 0 aliphatic carbocycles. The van der Waals surface area contributed by atoms with Gasteiger partial charge in [-0.15, -0.1) is 0 Å². The molecule has 190 valence electrons. The minimum Gasteiger partial charge on any atom is -0.481 e. The number of carboxylic acid groups (broad SMARTS) is 1. The average molecular weight is 499 g/mol. The number of aliphatic hydroxyl groups excluding tert-OH is 1. The molecule has 3 heterocycles. The van der Waals surface area contributed by atoms with Crippen molar-refractivity contribution in [2.45, 2.75) is 38.0 Å². The summed E-state index contributed by atoms with van der Waals surface area (Å²) in [7, 11) is 1.51. The number of nitrogens with one attached hydrogen (secondary N) is 1. The first-order valence-corrected chi connectivity index (χ1v) is 11.3. The van der Waals surface area contributed by atoms with Crippen LogP contribution in [-0.2, 0) is 9.63 Å². The van der Waals surface area contributed by atoms with E-state index >= 15 is 0 Å². The van der Waals surface area contributed by atoms with Crippen molar-refractivity contribution in [2.75, 3.05) is 13.7 Å². The van der Waals surface area contributed by atoms with Crippen LogP contribution >= 0.6 is 0 Å². The standard InChI is InChI=1S/C24H27FN6O5/c1-12-21-18(30-24(26)27-12)11-17(29-22(21)31-36-9-8-19(32)23(33)34)14-7-6-13(25)10-15(14)16-4-3-5-20(28-16)35-2/h3-7,10,17-19,21,32H,8-9,11H2,1-2H3,(H2,26,30)(H,29,31)(H,33,34)/t17?,18-,19+,21?/m1/s1. The molecule has 0 amide bonds. The second-order valence-electron chi connectivity index (χ2n) is 8.44. The SMILES string of the molecule is COc1cccc(-c2cc(F)ccc2C2C[C@H]3N=C(N)N=C(C)C3C(NOCC[C@H](O)C(=O)O)=N2)n1. The lowest BCUT2D eigenvalue weighted by Gasteiger charge is -2.35. The molecule has 2 unspecified atom stereocenters.